The van der Waals surface area contributed by atoms with Crippen LogP contribution in [0, 0.1) is 20.8 Å². The highest BCUT2D eigenvalue weighted by atomic mass is 127. The number of nitrogens with one attached hydrogen (secondary N) is 3. The zero-order valence-electron chi connectivity index (χ0n) is 17.7. The Kier molecular flexibility index (Phi) is 11.4. The van der Waals surface area contributed by atoms with Crippen molar-refractivity contribution in [3.8, 4) is 0 Å². The molecule has 0 aliphatic carbocycles. The van der Waals surface area contributed by atoms with E-state index in [0.29, 0.717) is 12.3 Å². The second kappa shape index (κ2) is 13.2. The number of hydrogen-bond donors (Lipinski definition) is 3. The average molecular weight is 516 g/mol. The first-order valence-electron chi connectivity index (χ1n) is 9.86. The van der Waals surface area contributed by atoms with Gasteiger partial charge in [-0.2, -0.15) is 5.10 Å². The number of nitrogens with zero attached hydrogens (tertiary/aromatic N) is 3. The lowest BCUT2D eigenvalue weighted by Crippen LogP contribution is -2.39. The van der Waals surface area contributed by atoms with Crippen molar-refractivity contribution in [1.82, 2.24) is 25.7 Å². The fourth-order valence-corrected chi connectivity index (χ4v) is 2.84. The molecule has 0 radical (unpaired) electrons. The van der Waals surface area contributed by atoms with Gasteiger partial charge in [0.1, 0.15) is 0 Å². The highest BCUT2D eigenvalue weighted by Crippen LogP contribution is 2.07. The van der Waals surface area contributed by atoms with E-state index < -0.39 is 0 Å². The molecule has 0 aliphatic rings. The van der Waals surface area contributed by atoms with E-state index in [4.69, 9.17) is 4.42 Å². The molecule has 3 N–H and O–H groups in total. The van der Waals surface area contributed by atoms with Gasteiger partial charge in [-0.05, 0) is 52.7 Å². The van der Waals surface area contributed by atoms with E-state index in [-0.39, 0.29) is 29.9 Å². The molecule has 8 nitrogen and oxygen atoms in total. The summed E-state index contributed by atoms with van der Waals surface area (Å²) in [5.74, 6) is 1.00. The van der Waals surface area contributed by atoms with Gasteiger partial charge >= 0.3 is 0 Å². The van der Waals surface area contributed by atoms with Gasteiger partial charge in [0.05, 0.1) is 12.0 Å². The number of aliphatic imine (C=N–C) groups is 1. The Bertz CT molecular complexity index is 784. The fraction of sp³-hybridized carbons (Fsp3) is 0.550. The number of amides is 1. The molecule has 2 heterocycles. The SMILES string of the molecule is CCNC(=NCCCn1nc(C)cc1C)NCCCNC(=O)c1occc1C.I. The molecule has 9 heteroatoms. The predicted octanol–water partition coefficient (Wildman–Crippen LogP) is 2.78. The van der Waals surface area contributed by atoms with Crippen molar-refractivity contribution in [2.24, 2.45) is 4.99 Å². The normalized spacial score (nSPS) is 11.1. The van der Waals surface area contributed by atoms with Gasteiger partial charge in [0, 0.05) is 44.0 Å². The second-order valence-electron chi connectivity index (χ2n) is 6.73. The van der Waals surface area contributed by atoms with Crippen LogP contribution in [0.25, 0.3) is 0 Å². The van der Waals surface area contributed by atoms with Crippen molar-refractivity contribution in [1.29, 1.82) is 0 Å². The van der Waals surface area contributed by atoms with E-state index in [1.54, 1.807) is 6.07 Å². The lowest BCUT2D eigenvalue weighted by atomic mass is 10.2. The van der Waals surface area contributed by atoms with Crippen molar-refractivity contribution < 1.29 is 9.21 Å². The van der Waals surface area contributed by atoms with Gasteiger partial charge in [-0.25, -0.2) is 0 Å². The Labute approximate surface area is 189 Å². The highest BCUT2D eigenvalue weighted by Gasteiger charge is 2.11. The summed E-state index contributed by atoms with van der Waals surface area (Å²) < 4.78 is 7.21. The molecule has 0 unspecified atom stereocenters. The minimum atomic E-state index is -0.174. The third kappa shape index (κ3) is 8.46. The average Bonchev–Trinajstić information content (AvgIpc) is 3.22. The van der Waals surface area contributed by atoms with Gasteiger partial charge in [0.2, 0.25) is 0 Å². The second-order valence-corrected chi connectivity index (χ2v) is 6.73. The van der Waals surface area contributed by atoms with Crippen LogP contribution in [-0.2, 0) is 6.54 Å². The summed E-state index contributed by atoms with van der Waals surface area (Å²) in [5, 5.41) is 13.9. The third-order valence-electron chi connectivity index (χ3n) is 4.25. The van der Waals surface area contributed by atoms with Crippen LogP contribution < -0.4 is 16.0 Å². The van der Waals surface area contributed by atoms with Crippen LogP contribution in [0.5, 0.6) is 0 Å². The number of aryl methyl sites for hydroxylation is 4. The zero-order valence-corrected chi connectivity index (χ0v) is 20.1. The number of guanidine groups is 1. The summed E-state index contributed by atoms with van der Waals surface area (Å²) in [4.78, 5) is 16.6. The Morgan fingerprint density at radius 3 is 2.55 bits per heavy atom. The molecule has 0 aromatic carbocycles. The Morgan fingerprint density at radius 1 is 1.17 bits per heavy atom. The van der Waals surface area contributed by atoms with Crippen LogP contribution in [0.3, 0.4) is 0 Å². The number of furan rings is 1. The van der Waals surface area contributed by atoms with Gasteiger partial charge in [-0.15, -0.1) is 24.0 Å². The van der Waals surface area contributed by atoms with Gasteiger partial charge in [-0.3, -0.25) is 14.5 Å². The first-order chi connectivity index (χ1) is 13.5. The molecular weight excluding hydrogens is 483 g/mol. The quantitative estimate of drug-likeness (QED) is 0.195. The van der Waals surface area contributed by atoms with Crippen LogP contribution in [0.2, 0.25) is 0 Å². The molecule has 162 valence electrons. The van der Waals surface area contributed by atoms with Crippen LogP contribution >= 0.6 is 24.0 Å². The third-order valence-corrected chi connectivity index (χ3v) is 4.25. The smallest absolute Gasteiger partial charge is 0.287 e. The standard InChI is InChI=1S/C20H32N6O2.HI/c1-5-21-20(24-11-7-12-26-17(4)14-16(3)25-26)23-10-6-9-22-19(27)18-15(2)8-13-28-18;/h8,13-14H,5-7,9-12H2,1-4H3,(H,22,27)(H2,21,23,24);1H. The molecule has 2 aromatic heterocycles. The largest absolute Gasteiger partial charge is 0.459 e. The maximum absolute atomic E-state index is 12.0. The maximum atomic E-state index is 12.0. The lowest BCUT2D eigenvalue weighted by molar-refractivity contribution is 0.0925. The summed E-state index contributed by atoms with van der Waals surface area (Å²) in [6, 6.07) is 3.87. The molecule has 0 aliphatic heterocycles. The van der Waals surface area contributed by atoms with Crippen molar-refractivity contribution in [2.45, 2.75) is 47.1 Å². The minimum Gasteiger partial charge on any atom is -0.459 e. The topological polar surface area (TPSA) is 96.5 Å². The Hall–Kier alpha value is -2.04. The van der Waals surface area contributed by atoms with Crippen LogP contribution in [0.1, 0.15) is 47.3 Å². The van der Waals surface area contributed by atoms with E-state index in [2.05, 4.69) is 39.0 Å². The number of hydrogen-bond acceptors (Lipinski definition) is 4. The Balaban J connectivity index is 0.00000420. The first kappa shape index (κ1) is 25.0. The number of carbonyl (C=O) groups excluding carboxylic acids is 1. The molecule has 0 fully saturated rings. The van der Waals surface area contributed by atoms with E-state index in [1.807, 2.05) is 25.5 Å². The first-order valence-corrected chi connectivity index (χ1v) is 9.86. The fourth-order valence-electron chi connectivity index (χ4n) is 2.84. The maximum Gasteiger partial charge on any atom is 0.287 e. The van der Waals surface area contributed by atoms with E-state index >= 15 is 0 Å². The van der Waals surface area contributed by atoms with Gasteiger partial charge in [0.25, 0.3) is 5.91 Å². The number of aromatic nitrogens is 2. The summed E-state index contributed by atoms with van der Waals surface area (Å²) in [6.45, 7) is 11.7. The van der Waals surface area contributed by atoms with Crippen LogP contribution in [-0.4, -0.2) is 47.8 Å². The van der Waals surface area contributed by atoms with Crippen molar-refractivity contribution in [3.05, 3.63) is 41.1 Å². The highest BCUT2D eigenvalue weighted by molar-refractivity contribution is 14.0. The van der Waals surface area contributed by atoms with E-state index in [9.17, 15) is 4.79 Å². The summed E-state index contributed by atoms with van der Waals surface area (Å²) in [6.07, 6.45) is 3.25. The van der Waals surface area contributed by atoms with Crippen molar-refractivity contribution >= 4 is 35.8 Å². The van der Waals surface area contributed by atoms with Crippen molar-refractivity contribution in [2.75, 3.05) is 26.2 Å². The monoisotopic (exact) mass is 516 g/mol. The van der Waals surface area contributed by atoms with Gasteiger partial charge in [-0.1, -0.05) is 0 Å². The summed E-state index contributed by atoms with van der Waals surface area (Å²) >= 11 is 0. The molecule has 0 atom stereocenters. The van der Waals surface area contributed by atoms with Crippen molar-refractivity contribution in [3.63, 3.8) is 0 Å². The van der Waals surface area contributed by atoms with Crippen LogP contribution in [0.15, 0.2) is 27.8 Å². The summed E-state index contributed by atoms with van der Waals surface area (Å²) in [5.41, 5.74) is 3.07. The lowest BCUT2D eigenvalue weighted by Gasteiger charge is -2.11. The molecule has 2 rings (SSSR count). The molecule has 0 saturated carbocycles. The van der Waals surface area contributed by atoms with Crippen LogP contribution in [0.4, 0.5) is 0 Å². The summed E-state index contributed by atoms with van der Waals surface area (Å²) in [7, 11) is 0. The van der Waals surface area contributed by atoms with Gasteiger partial charge in [0.15, 0.2) is 11.7 Å². The molecule has 0 saturated heterocycles. The van der Waals surface area contributed by atoms with E-state index in [1.165, 1.54) is 12.0 Å². The van der Waals surface area contributed by atoms with Gasteiger partial charge < -0.3 is 20.4 Å². The molecule has 2 aromatic rings. The Morgan fingerprint density at radius 2 is 1.93 bits per heavy atom. The molecular formula is C20H33IN6O2. The number of carbonyl (C=O) groups is 1. The minimum absolute atomic E-state index is 0. The molecule has 1 amide bonds. The predicted molar refractivity (Wildman–Crippen MR) is 126 cm³/mol. The molecule has 29 heavy (non-hydrogen) atoms. The van der Waals surface area contributed by atoms with E-state index in [0.717, 1.165) is 56.2 Å². The number of rotatable bonds is 10. The molecule has 0 bridgehead atoms. The zero-order chi connectivity index (χ0) is 20.4. The molecule has 0 spiro atoms. The number of halogens is 1.